The average molecular weight is 296 g/mol. The molecule has 116 valence electrons. The molecular formula is C19H24N2O. The molecule has 1 saturated heterocycles. The number of benzene rings is 2. The Morgan fingerprint density at radius 2 is 2.00 bits per heavy atom. The summed E-state index contributed by atoms with van der Waals surface area (Å²) in [6, 6.07) is 13.1. The highest BCUT2D eigenvalue weighted by Crippen LogP contribution is 2.38. The van der Waals surface area contributed by atoms with Gasteiger partial charge < -0.3 is 10.1 Å². The number of hydrogen-bond donors (Lipinski definition) is 1. The lowest BCUT2D eigenvalue weighted by molar-refractivity contribution is 0.172. The van der Waals surface area contributed by atoms with Gasteiger partial charge in [-0.2, -0.15) is 0 Å². The predicted molar refractivity (Wildman–Crippen MR) is 92.5 cm³/mol. The fraction of sp³-hybridized carbons (Fsp3) is 0.368. The van der Waals surface area contributed by atoms with E-state index in [-0.39, 0.29) is 0 Å². The summed E-state index contributed by atoms with van der Waals surface area (Å²) >= 11 is 0. The lowest BCUT2D eigenvalue weighted by atomic mass is 9.94. The third-order valence-electron chi connectivity index (χ3n) is 4.47. The van der Waals surface area contributed by atoms with Crippen molar-refractivity contribution in [3.63, 3.8) is 0 Å². The number of piperazine rings is 1. The molecule has 0 spiro atoms. The molecule has 3 nitrogen and oxygen atoms in total. The Balaban J connectivity index is 2.12. The fourth-order valence-electron chi connectivity index (χ4n) is 3.40. The molecule has 0 radical (unpaired) electrons. The molecule has 1 aliphatic rings. The van der Waals surface area contributed by atoms with Crippen LogP contribution in [0.3, 0.4) is 0 Å². The fourth-order valence-corrected chi connectivity index (χ4v) is 3.40. The molecule has 3 rings (SSSR count). The molecule has 0 saturated carbocycles. The van der Waals surface area contributed by atoms with E-state index in [2.05, 4.69) is 53.2 Å². The first-order valence-corrected chi connectivity index (χ1v) is 7.96. The number of methoxy groups -OCH3 is 1. The second kappa shape index (κ2) is 6.95. The number of nitrogens with zero attached hydrogens (tertiary/aromatic N) is 1. The van der Waals surface area contributed by atoms with Crippen molar-refractivity contribution in [2.75, 3.05) is 33.3 Å². The SMILES string of the molecule is C=CC[C@@H](c1c(OC)ccc2ccccc12)N1CCNCC1. The molecule has 3 heteroatoms. The monoisotopic (exact) mass is 296 g/mol. The van der Waals surface area contributed by atoms with Crippen molar-refractivity contribution in [3.05, 3.63) is 54.6 Å². The van der Waals surface area contributed by atoms with Crippen LogP contribution in [0.5, 0.6) is 5.75 Å². The van der Waals surface area contributed by atoms with Crippen molar-refractivity contribution >= 4 is 10.8 Å². The van der Waals surface area contributed by atoms with Gasteiger partial charge in [0.25, 0.3) is 0 Å². The van der Waals surface area contributed by atoms with Crippen LogP contribution in [0.15, 0.2) is 49.1 Å². The van der Waals surface area contributed by atoms with E-state index in [9.17, 15) is 0 Å². The van der Waals surface area contributed by atoms with Gasteiger partial charge in [0.15, 0.2) is 0 Å². The number of ether oxygens (including phenoxy) is 1. The van der Waals surface area contributed by atoms with Gasteiger partial charge >= 0.3 is 0 Å². The summed E-state index contributed by atoms with van der Waals surface area (Å²) in [5, 5.41) is 5.98. The van der Waals surface area contributed by atoms with Crippen LogP contribution >= 0.6 is 0 Å². The molecular weight excluding hydrogens is 272 g/mol. The third-order valence-corrected chi connectivity index (χ3v) is 4.47. The van der Waals surface area contributed by atoms with E-state index in [1.165, 1.54) is 16.3 Å². The average Bonchev–Trinajstić information content (AvgIpc) is 2.59. The van der Waals surface area contributed by atoms with Crippen LogP contribution in [0.4, 0.5) is 0 Å². The van der Waals surface area contributed by atoms with E-state index in [1.54, 1.807) is 7.11 Å². The number of rotatable bonds is 5. The number of nitrogens with one attached hydrogen (secondary N) is 1. The van der Waals surface area contributed by atoms with Crippen molar-refractivity contribution in [2.45, 2.75) is 12.5 Å². The lowest BCUT2D eigenvalue weighted by Crippen LogP contribution is -2.45. The quantitative estimate of drug-likeness (QED) is 0.856. The maximum atomic E-state index is 5.69. The summed E-state index contributed by atoms with van der Waals surface area (Å²) in [5.41, 5.74) is 1.29. The van der Waals surface area contributed by atoms with Crippen LogP contribution in [-0.4, -0.2) is 38.2 Å². The second-order valence-corrected chi connectivity index (χ2v) is 5.73. The van der Waals surface area contributed by atoms with Crippen LogP contribution in [0.2, 0.25) is 0 Å². The zero-order valence-electron chi connectivity index (χ0n) is 13.2. The normalized spacial score (nSPS) is 17.3. The van der Waals surface area contributed by atoms with E-state index in [4.69, 9.17) is 4.74 Å². The summed E-state index contributed by atoms with van der Waals surface area (Å²) in [7, 11) is 1.76. The van der Waals surface area contributed by atoms with Gasteiger partial charge in [0.05, 0.1) is 7.11 Å². The first-order valence-electron chi connectivity index (χ1n) is 7.96. The van der Waals surface area contributed by atoms with Crippen LogP contribution < -0.4 is 10.1 Å². The Morgan fingerprint density at radius 3 is 2.73 bits per heavy atom. The Kier molecular flexibility index (Phi) is 4.76. The van der Waals surface area contributed by atoms with E-state index in [1.807, 2.05) is 6.08 Å². The van der Waals surface area contributed by atoms with Crippen LogP contribution in [0, 0.1) is 0 Å². The van der Waals surface area contributed by atoms with E-state index in [0.717, 1.165) is 38.3 Å². The Hall–Kier alpha value is -1.84. The Bertz CT molecular complexity index is 647. The highest BCUT2D eigenvalue weighted by molar-refractivity contribution is 5.88. The van der Waals surface area contributed by atoms with Crippen molar-refractivity contribution < 1.29 is 4.74 Å². The summed E-state index contributed by atoms with van der Waals surface area (Å²) < 4.78 is 5.69. The smallest absolute Gasteiger partial charge is 0.124 e. The highest BCUT2D eigenvalue weighted by atomic mass is 16.5. The number of fused-ring (bicyclic) bond motifs is 1. The molecule has 1 aliphatic heterocycles. The molecule has 1 heterocycles. The molecule has 0 aliphatic carbocycles. The topological polar surface area (TPSA) is 24.5 Å². The largest absolute Gasteiger partial charge is 0.496 e. The molecule has 1 atom stereocenters. The van der Waals surface area contributed by atoms with Crippen molar-refractivity contribution in [3.8, 4) is 5.75 Å². The summed E-state index contributed by atoms with van der Waals surface area (Å²) in [6.45, 7) is 8.18. The summed E-state index contributed by atoms with van der Waals surface area (Å²) in [4.78, 5) is 2.54. The maximum Gasteiger partial charge on any atom is 0.124 e. The zero-order valence-corrected chi connectivity index (χ0v) is 13.2. The standard InChI is InChI=1S/C19H24N2O/c1-3-6-17(21-13-11-20-12-14-21)19-16-8-5-4-7-15(16)9-10-18(19)22-2/h3-5,7-10,17,20H,1,6,11-14H2,2H3/t17-/m0/s1. The van der Waals surface area contributed by atoms with Crippen LogP contribution in [0.1, 0.15) is 18.0 Å². The summed E-state index contributed by atoms with van der Waals surface area (Å²) in [5.74, 6) is 0.976. The van der Waals surface area contributed by atoms with Gasteiger partial charge in [-0.15, -0.1) is 6.58 Å². The molecule has 2 aromatic carbocycles. The molecule has 1 N–H and O–H groups in total. The molecule has 0 bridgehead atoms. The highest BCUT2D eigenvalue weighted by Gasteiger charge is 2.25. The van der Waals surface area contributed by atoms with Gasteiger partial charge in [0.1, 0.15) is 5.75 Å². The van der Waals surface area contributed by atoms with Gasteiger partial charge in [-0.1, -0.05) is 36.4 Å². The number of hydrogen-bond acceptors (Lipinski definition) is 3. The summed E-state index contributed by atoms with van der Waals surface area (Å²) in [6.07, 6.45) is 2.96. The van der Waals surface area contributed by atoms with Gasteiger partial charge in [0, 0.05) is 37.8 Å². The molecule has 1 fully saturated rings. The van der Waals surface area contributed by atoms with Crippen molar-refractivity contribution in [1.82, 2.24) is 10.2 Å². The first kappa shape index (κ1) is 15.1. The van der Waals surface area contributed by atoms with Gasteiger partial charge in [0.2, 0.25) is 0 Å². The van der Waals surface area contributed by atoms with Crippen LogP contribution in [0.25, 0.3) is 10.8 Å². The third kappa shape index (κ3) is 2.87. The van der Waals surface area contributed by atoms with Gasteiger partial charge in [-0.25, -0.2) is 0 Å². The molecule has 0 unspecified atom stereocenters. The Labute approximate surface area is 132 Å². The Morgan fingerprint density at radius 1 is 1.23 bits per heavy atom. The van der Waals surface area contributed by atoms with E-state index >= 15 is 0 Å². The molecule has 0 amide bonds. The molecule has 22 heavy (non-hydrogen) atoms. The minimum atomic E-state index is 0.320. The minimum Gasteiger partial charge on any atom is -0.496 e. The lowest BCUT2D eigenvalue weighted by Gasteiger charge is -2.36. The minimum absolute atomic E-state index is 0.320. The van der Waals surface area contributed by atoms with Crippen LogP contribution in [-0.2, 0) is 0 Å². The maximum absolute atomic E-state index is 5.69. The zero-order chi connectivity index (χ0) is 15.4. The molecule has 0 aromatic heterocycles. The van der Waals surface area contributed by atoms with Gasteiger partial charge in [-0.05, 0) is 23.3 Å². The van der Waals surface area contributed by atoms with Gasteiger partial charge in [-0.3, -0.25) is 4.90 Å². The van der Waals surface area contributed by atoms with E-state index in [0.29, 0.717) is 6.04 Å². The predicted octanol–water partition coefficient (Wildman–Crippen LogP) is 3.37. The molecule has 2 aromatic rings. The van der Waals surface area contributed by atoms with Crippen molar-refractivity contribution in [1.29, 1.82) is 0 Å². The first-order chi connectivity index (χ1) is 10.8. The van der Waals surface area contributed by atoms with E-state index < -0.39 is 0 Å². The second-order valence-electron chi connectivity index (χ2n) is 5.73. The van der Waals surface area contributed by atoms with Crippen molar-refractivity contribution in [2.24, 2.45) is 0 Å².